The molecule has 1 aliphatic heterocycles. The lowest BCUT2D eigenvalue weighted by atomic mass is 10.1. The van der Waals surface area contributed by atoms with Crippen LogP contribution in [-0.4, -0.2) is 68.5 Å². The highest BCUT2D eigenvalue weighted by Crippen LogP contribution is 2.45. The number of rotatable bonds is 12. The molecule has 0 spiro atoms. The van der Waals surface area contributed by atoms with E-state index < -0.39 is 17.8 Å². The third kappa shape index (κ3) is 7.63. The van der Waals surface area contributed by atoms with Gasteiger partial charge in [0.15, 0.2) is 6.10 Å². The van der Waals surface area contributed by atoms with Gasteiger partial charge in [0, 0.05) is 44.4 Å². The Hall–Kier alpha value is -3.31. The summed E-state index contributed by atoms with van der Waals surface area (Å²) in [5, 5.41) is 6.15. The Balaban J connectivity index is 1.12. The van der Waals surface area contributed by atoms with Crippen LogP contribution in [0.4, 0.5) is 23.7 Å². The number of amides is 2. The Bertz CT molecular complexity index is 1100. The van der Waals surface area contributed by atoms with Gasteiger partial charge in [0.25, 0.3) is 0 Å². The number of carbonyl (C=O) groups is 2. The summed E-state index contributed by atoms with van der Waals surface area (Å²) in [4.78, 5) is 26.2. The first kappa shape index (κ1) is 28.7. The third-order valence-electron chi connectivity index (χ3n) is 6.96. The number of halogens is 3. The normalized spacial score (nSPS) is 20.7. The van der Waals surface area contributed by atoms with E-state index >= 15 is 0 Å². The molecule has 2 aliphatic rings. The number of nitrogens with zero attached hydrogens (tertiary/aromatic N) is 1. The summed E-state index contributed by atoms with van der Waals surface area (Å²) in [7, 11) is 0. The number of piperidine rings is 1. The van der Waals surface area contributed by atoms with Gasteiger partial charge in [-0.1, -0.05) is 12.1 Å². The summed E-state index contributed by atoms with van der Waals surface area (Å²) in [6.07, 6.45) is -4.61. The maximum absolute atomic E-state index is 12.7. The minimum Gasteiger partial charge on any atom is -0.492 e. The van der Waals surface area contributed by atoms with Gasteiger partial charge in [0.1, 0.15) is 12.4 Å². The number of fused-ring (bicyclic) bond motifs is 1. The van der Waals surface area contributed by atoms with Gasteiger partial charge in [-0.05, 0) is 67.6 Å². The van der Waals surface area contributed by atoms with E-state index in [-0.39, 0.29) is 12.0 Å². The average molecular weight is 550 g/mol. The number of hydrogen-bond acceptors (Lipinski definition) is 6. The Kier molecular flexibility index (Phi) is 9.34. The second-order valence-corrected chi connectivity index (χ2v) is 9.61. The Labute approximate surface area is 225 Å². The van der Waals surface area contributed by atoms with E-state index in [0.717, 1.165) is 23.4 Å². The van der Waals surface area contributed by atoms with Crippen molar-refractivity contribution in [1.29, 1.82) is 0 Å². The number of esters is 1. The second kappa shape index (κ2) is 12.7. The Morgan fingerprint density at radius 3 is 2.26 bits per heavy atom. The fourth-order valence-electron chi connectivity index (χ4n) is 4.92. The van der Waals surface area contributed by atoms with Crippen LogP contribution >= 0.6 is 0 Å². The zero-order valence-corrected chi connectivity index (χ0v) is 22.0. The maximum atomic E-state index is 12.7. The fraction of sp³-hybridized carbons (Fsp3) is 0.500. The van der Waals surface area contributed by atoms with Crippen molar-refractivity contribution in [2.75, 3.05) is 44.8 Å². The van der Waals surface area contributed by atoms with Crippen molar-refractivity contribution in [3.05, 3.63) is 59.7 Å². The first-order valence-corrected chi connectivity index (χ1v) is 13.2. The third-order valence-corrected chi connectivity index (χ3v) is 6.96. The van der Waals surface area contributed by atoms with E-state index in [1.807, 2.05) is 31.2 Å². The lowest BCUT2D eigenvalue weighted by molar-refractivity contribution is -0.156. The standard InChI is InChI=1S/C28H34F3N3O5/c1-3-37-24(26(35)38-4-2)15-18-5-11-21(12-6-18)39-14-13-32-25-22-16-34(17-23(22)25)27(36)33-20-9-7-19(8-10-20)28(29,30)31/h5-12,22-25,32H,3-4,13-17H2,1-2H3,(H,33,36)/t22-,23+,24-,25?/m0/s1. The molecule has 2 aromatic rings. The molecule has 2 aromatic carbocycles. The number of benzene rings is 2. The molecule has 0 bridgehead atoms. The van der Waals surface area contributed by atoms with Gasteiger partial charge < -0.3 is 29.7 Å². The van der Waals surface area contributed by atoms with Crippen LogP contribution in [0.1, 0.15) is 25.0 Å². The zero-order chi connectivity index (χ0) is 28.0. The molecule has 1 saturated heterocycles. The molecule has 4 rings (SSSR count). The number of nitrogens with one attached hydrogen (secondary N) is 2. The summed E-state index contributed by atoms with van der Waals surface area (Å²) in [5.74, 6) is 1.09. The molecule has 2 amide bonds. The number of anilines is 1. The van der Waals surface area contributed by atoms with E-state index in [9.17, 15) is 22.8 Å². The summed E-state index contributed by atoms with van der Waals surface area (Å²) in [6, 6.07) is 12.0. The van der Waals surface area contributed by atoms with Gasteiger partial charge in [-0.25, -0.2) is 9.59 Å². The van der Waals surface area contributed by atoms with Crippen LogP contribution in [-0.2, 0) is 26.9 Å². The van der Waals surface area contributed by atoms with E-state index in [0.29, 0.717) is 69.4 Å². The van der Waals surface area contributed by atoms with E-state index in [1.54, 1.807) is 11.8 Å². The highest BCUT2D eigenvalue weighted by Gasteiger charge is 2.56. The lowest BCUT2D eigenvalue weighted by Gasteiger charge is -2.21. The number of carbonyl (C=O) groups excluding carboxylic acids is 2. The molecule has 39 heavy (non-hydrogen) atoms. The molecule has 0 radical (unpaired) electrons. The van der Waals surface area contributed by atoms with Crippen molar-refractivity contribution < 1.29 is 37.0 Å². The SMILES string of the molecule is CCOC(=O)[C@H](Cc1ccc(OCCNC2[C@H]3CN(C(=O)Nc4ccc(C(F)(F)F)cc4)C[C@@H]23)cc1)OCC. The maximum Gasteiger partial charge on any atom is 0.416 e. The van der Waals surface area contributed by atoms with Crippen LogP contribution in [0.25, 0.3) is 0 Å². The average Bonchev–Trinajstić information content (AvgIpc) is 3.34. The Morgan fingerprint density at radius 2 is 1.67 bits per heavy atom. The molecule has 1 aliphatic carbocycles. The summed E-state index contributed by atoms with van der Waals surface area (Å²) in [5.41, 5.74) is 0.533. The van der Waals surface area contributed by atoms with Crippen LogP contribution in [0.15, 0.2) is 48.5 Å². The molecule has 1 unspecified atom stereocenters. The Morgan fingerprint density at radius 1 is 1.00 bits per heavy atom. The minimum absolute atomic E-state index is 0.303. The summed E-state index contributed by atoms with van der Waals surface area (Å²) < 4.78 is 54.5. The van der Waals surface area contributed by atoms with E-state index in [2.05, 4.69) is 10.6 Å². The number of ether oxygens (including phenoxy) is 3. The number of likely N-dealkylation sites (tertiary alicyclic amines) is 1. The van der Waals surface area contributed by atoms with Gasteiger partial charge in [0.2, 0.25) is 0 Å². The van der Waals surface area contributed by atoms with Gasteiger partial charge in [-0.2, -0.15) is 13.2 Å². The first-order chi connectivity index (χ1) is 18.7. The van der Waals surface area contributed by atoms with Crippen LogP contribution < -0.4 is 15.4 Å². The van der Waals surface area contributed by atoms with Crippen molar-refractivity contribution in [3.63, 3.8) is 0 Å². The van der Waals surface area contributed by atoms with E-state index in [4.69, 9.17) is 14.2 Å². The van der Waals surface area contributed by atoms with Crippen LogP contribution in [0.3, 0.4) is 0 Å². The number of hydrogen-bond donors (Lipinski definition) is 2. The van der Waals surface area contributed by atoms with Crippen molar-refractivity contribution in [3.8, 4) is 5.75 Å². The predicted molar refractivity (Wildman–Crippen MR) is 138 cm³/mol. The van der Waals surface area contributed by atoms with Gasteiger partial charge in [-0.15, -0.1) is 0 Å². The fourth-order valence-corrected chi connectivity index (χ4v) is 4.92. The van der Waals surface area contributed by atoms with Crippen LogP contribution in [0.5, 0.6) is 5.75 Å². The van der Waals surface area contributed by atoms with Crippen molar-refractivity contribution in [2.45, 2.75) is 38.6 Å². The molecule has 4 atom stereocenters. The number of alkyl halides is 3. The molecule has 2 N–H and O–H groups in total. The largest absolute Gasteiger partial charge is 0.492 e. The molecular formula is C28H34F3N3O5. The van der Waals surface area contributed by atoms with Crippen molar-refractivity contribution in [2.24, 2.45) is 11.8 Å². The molecule has 1 heterocycles. The topological polar surface area (TPSA) is 89.1 Å². The smallest absolute Gasteiger partial charge is 0.416 e. The highest BCUT2D eigenvalue weighted by atomic mass is 19.4. The van der Waals surface area contributed by atoms with Crippen molar-refractivity contribution >= 4 is 17.7 Å². The van der Waals surface area contributed by atoms with Gasteiger partial charge in [-0.3, -0.25) is 0 Å². The molecule has 11 heteroatoms. The first-order valence-electron chi connectivity index (χ1n) is 13.2. The number of urea groups is 1. The quantitative estimate of drug-likeness (QED) is 0.303. The van der Waals surface area contributed by atoms with Crippen molar-refractivity contribution in [1.82, 2.24) is 10.2 Å². The molecule has 0 aromatic heterocycles. The molecule has 8 nitrogen and oxygen atoms in total. The van der Waals surface area contributed by atoms with E-state index in [1.165, 1.54) is 12.1 Å². The zero-order valence-electron chi connectivity index (χ0n) is 22.0. The lowest BCUT2D eigenvalue weighted by Crippen LogP contribution is -2.38. The molecule has 2 fully saturated rings. The van der Waals surface area contributed by atoms with Gasteiger partial charge >= 0.3 is 18.2 Å². The second-order valence-electron chi connectivity index (χ2n) is 9.61. The molecule has 212 valence electrons. The highest BCUT2D eigenvalue weighted by molar-refractivity contribution is 5.89. The van der Waals surface area contributed by atoms with Gasteiger partial charge in [0.05, 0.1) is 12.2 Å². The summed E-state index contributed by atoms with van der Waals surface area (Å²) in [6.45, 7) is 6.69. The monoisotopic (exact) mass is 549 g/mol. The molecule has 1 saturated carbocycles. The van der Waals surface area contributed by atoms with Crippen LogP contribution in [0, 0.1) is 11.8 Å². The van der Waals surface area contributed by atoms with Crippen LogP contribution in [0.2, 0.25) is 0 Å². The summed E-state index contributed by atoms with van der Waals surface area (Å²) >= 11 is 0. The minimum atomic E-state index is -4.41. The molecular weight excluding hydrogens is 515 g/mol. The predicted octanol–water partition coefficient (Wildman–Crippen LogP) is 4.35.